The van der Waals surface area contributed by atoms with Crippen molar-refractivity contribution in [1.82, 2.24) is 9.97 Å². The van der Waals surface area contributed by atoms with E-state index in [9.17, 15) is 4.39 Å². The van der Waals surface area contributed by atoms with Crippen LogP contribution in [0.4, 0.5) is 10.2 Å². The van der Waals surface area contributed by atoms with Crippen LogP contribution in [-0.4, -0.2) is 16.0 Å². The highest BCUT2D eigenvalue weighted by Crippen LogP contribution is 2.41. The van der Waals surface area contributed by atoms with Crippen LogP contribution < -0.4 is 5.32 Å². The normalized spacial score (nSPS) is 20.2. The van der Waals surface area contributed by atoms with Crippen molar-refractivity contribution in [2.75, 3.05) is 5.32 Å². The quantitative estimate of drug-likeness (QED) is 0.735. The molecule has 1 saturated carbocycles. The first kappa shape index (κ1) is 9.37. The minimum absolute atomic E-state index is 0.420. The average molecular weight is 195 g/mol. The summed E-state index contributed by atoms with van der Waals surface area (Å²) in [4.78, 5) is 7.06. The SMILES string of the molecule is CC1(C)CC(Nc2ccnc(F)n2)C1. The summed E-state index contributed by atoms with van der Waals surface area (Å²) in [6, 6.07) is 2.12. The molecule has 76 valence electrons. The Morgan fingerprint density at radius 3 is 2.79 bits per heavy atom. The Balaban J connectivity index is 1.93. The Morgan fingerprint density at radius 1 is 1.50 bits per heavy atom. The van der Waals surface area contributed by atoms with Crippen LogP contribution in [-0.2, 0) is 0 Å². The topological polar surface area (TPSA) is 37.8 Å². The van der Waals surface area contributed by atoms with E-state index in [-0.39, 0.29) is 0 Å². The van der Waals surface area contributed by atoms with Crippen LogP contribution >= 0.6 is 0 Å². The molecule has 1 heterocycles. The first-order valence-corrected chi connectivity index (χ1v) is 4.80. The number of halogens is 1. The van der Waals surface area contributed by atoms with Crippen molar-refractivity contribution in [2.24, 2.45) is 5.41 Å². The van der Waals surface area contributed by atoms with Crippen molar-refractivity contribution in [1.29, 1.82) is 0 Å². The molecule has 14 heavy (non-hydrogen) atoms. The van der Waals surface area contributed by atoms with Gasteiger partial charge < -0.3 is 5.32 Å². The number of rotatable bonds is 2. The van der Waals surface area contributed by atoms with Crippen molar-refractivity contribution < 1.29 is 4.39 Å². The predicted octanol–water partition coefficient (Wildman–Crippen LogP) is 2.22. The van der Waals surface area contributed by atoms with E-state index in [4.69, 9.17) is 0 Å². The molecule has 0 aromatic carbocycles. The zero-order valence-electron chi connectivity index (χ0n) is 8.42. The summed E-state index contributed by atoms with van der Waals surface area (Å²) in [5, 5.41) is 3.18. The fourth-order valence-electron chi connectivity index (χ4n) is 2.00. The number of hydrogen-bond acceptors (Lipinski definition) is 3. The molecule has 4 heteroatoms. The van der Waals surface area contributed by atoms with Gasteiger partial charge in [-0.05, 0) is 24.3 Å². The fraction of sp³-hybridized carbons (Fsp3) is 0.600. The summed E-state index contributed by atoms with van der Waals surface area (Å²) >= 11 is 0. The van der Waals surface area contributed by atoms with Gasteiger partial charge in [0, 0.05) is 12.2 Å². The van der Waals surface area contributed by atoms with Crippen molar-refractivity contribution in [3.05, 3.63) is 18.3 Å². The molecule has 0 saturated heterocycles. The summed E-state index contributed by atoms with van der Waals surface area (Å²) < 4.78 is 12.6. The lowest BCUT2D eigenvalue weighted by Gasteiger charge is -2.43. The minimum Gasteiger partial charge on any atom is -0.367 e. The predicted molar refractivity (Wildman–Crippen MR) is 52.4 cm³/mol. The molecular weight excluding hydrogens is 181 g/mol. The van der Waals surface area contributed by atoms with Gasteiger partial charge in [-0.2, -0.15) is 9.37 Å². The van der Waals surface area contributed by atoms with E-state index >= 15 is 0 Å². The zero-order valence-corrected chi connectivity index (χ0v) is 8.42. The van der Waals surface area contributed by atoms with Crippen molar-refractivity contribution in [3.8, 4) is 0 Å². The van der Waals surface area contributed by atoms with E-state index in [1.54, 1.807) is 6.07 Å². The Bertz CT molecular complexity index is 330. The molecule has 1 aliphatic carbocycles. The van der Waals surface area contributed by atoms with Gasteiger partial charge in [0.25, 0.3) is 0 Å². The van der Waals surface area contributed by atoms with Crippen LogP contribution in [0.2, 0.25) is 0 Å². The van der Waals surface area contributed by atoms with Crippen LogP contribution in [0.1, 0.15) is 26.7 Å². The molecule has 1 aliphatic rings. The van der Waals surface area contributed by atoms with Gasteiger partial charge >= 0.3 is 6.08 Å². The van der Waals surface area contributed by atoms with Crippen molar-refractivity contribution >= 4 is 5.82 Å². The Kier molecular flexibility index (Phi) is 2.13. The summed E-state index contributed by atoms with van der Waals surface area (Å²) in [6.45, 7) is 4.46. The van der Waals surface area contributed by atoms with Gasteiger partial charge in [-0.1, -0.05) is 13.8 Å². The molecule has 0 radical (unpaired) electrons. The first-order valence-electron chi connectivity index (χ1n) is 4.80. The van der Waals surface area contributed by atoms with Crippen LogP contribution in [0.5, 0.6) is 0 Å². The zero-order chi connectivity index (χ0) is 10.2. The Hall–Kier alpha value is -1.19. The second-order valence-corrected chi connectivity index (χ2v) is 4.62. The average Bonchev–Trinajstić information content (AvgIpc) is 2.00. The van der Waals surface area contributed by atoms with Gasteiger partial charge in [-0.15, -0.1) is 0 Å². The van der Waals surface area contributed by atoms with E-state index in [1.165, 1.54) is 6.20 Å². The maximum absolute atomic E-state index is 12.6. The third-order valence-electron chi connectivity index (χ3n) is 2.58. The highest BCUT2D eigenvalue weighted by atomic mass is 19.1. The standard InChI is InChI=1S/C10H14FN3/c1-10(2)5-7(6-10)13-8-3-4-12-9(11)14-8/h3-4,7H,5-6H2,1-2H3,(H,12,13,14). The van der Waals surface area contributed by atoms with Crippen molar-refractivity contribution in [3.63, 3.8) is 0 Å². The molecule has 0 aliphatic heterocycles. The molecule has 0 atom stereocenters. The van der Waals surface area contributed by atoms with Gasteiger partial charge in [0.2, 0.25) is 0 Å². The third-order valence-corrected chi connectivity index (χ3v) is 2.58. The maximum atomic E-state index is 12.6. The molecule has 1 fully saturated rings. The highest BCUT2D eigenvalue weighted by Gasteiger charge is 2.35. The van der Waals surface area contributed by atoms with Gasteiger partial charge in [0.1, 0.15) is 5.82 Å². The monoisotopic (exact) mass is 195 g/mol. The molecule has 0 unspecified atom stereocenters. The molecule has 0 spiro atoms. The number of aromatic nitrogens is 2. The number of nitrogens with zero attached hydrogens (tertiary/aromatic N) is 2. The van der Waals surface area contributed by atoms with Gasteiger partial charge in [0.15, 0.2) is 0 Å². The van der Waals surface area contributed by atoms with Gasteiger partial charge in [-0.25, -0.2) is 4.98 Å². The fourth-order valence-corrected chi connectivity index (χ4v) is 2.00. The second kappa shape index (κ2) is 3.19. The number of nitrogens with one attached hydrogen (secondary N) is 1. The van der Waals surface area contributed by atoms with Crippen molar-refractivity contribution in [2.45, 2.75) is 32.7 Å². The van der Waals surface area contributed by atoms with E-state index in [2.05, 4.69) is 29.1 Å². The number of anilines is 1. The smallest absolute Gasteiger partial charge is 0.310 e. The van der Waals surface area contributed by atoms with E-state index in [0.29, 0.717) is 17.3 Å². The summed E-state index contributed by atoms with van der Waals surface area (Å²) in [6.07, 6.45) is 2.97. The number of hydrogen-bond donors (Lipinski definition) is 1. The summed E-state index contributed by atoms with van der Waals surface area (Å²) in [5.41, 5.74) is 0.420. The second-order valence-electron chi connectivity index (χ2n) is 4.62. The lowest BCUT2D eigenvalue weighted by Crippen LogP contribution is -2.41. The van der Waals surface area contributed by atoms with E-state index in [1.807, 2.05) is 0 Å². The Morgan fingerprint density at radius 2 is 2.21 bits per heavy atom. The molecule has 0 amide bonds. The Labute approximate surface area is 82.8 Å². The van der Waals surface area contributed by atoms with Crippen LogP contribution in [0.3, 0.4) is 0 Å². The molecule has 1 aromatic rings. The lowest BCUT2D eigenvalue weighted by atomic mass is 9.68. The third kappa shape index (κ3) is 2.00. The largest absolute Gasteiger partial charge is 0.367 e. The molecule has 3 nitrogen and oxygen atoms in total. The van der Waals surface area contributed by atoms with Gasteiger partial charge in [0.05, 0.1) is 0 Å². The molecule has 0 bridgehead atoms. The summed E-state index contributed by atoms with van der Waals surface area (Å²) in [7, 11) is 0. The van der Waals surface area contributed by atoms with E-state index in [0.717, 1.165) is 12.8 Å². The molecule has 1 N–H and O–H groups in total. The summed E-state index contributed by atoms with van der Waals surface area (Å²) in [5.74, 6) is 0.581. The van der Waals surface area contributed by atoms with Crippen LogP contribution in [0.25, 0.3) is 0 Å². The molecule has 2 rings (SSSR count). The van der Waals surface area contributed by atoms with Crippen LogP contribution in [0, 0.1) is 11.5 Å². The lowest BCUT2D eigenvalue weighted by molar-refractivity contribution is 0.167. The first-order chi connectivity index (χ1) is 6.55. The molecule has 1 aromatic heterocycles. The minimum atomic E-state index is -0.673. The molecular formula is C10H14FN3. The van der Waals surface area contributed by atoms with E-state index < -0.39 is 6.08 Å². The highest BCUT2D eigenvalue weighted by molar-refractivity contribution is 5.34. The maximum Gasteiger partial charge on any atom is 0.310 e. The van der Waals surface area contributed by atoms with Gasteiger partial charge in [-0.3, -0.25) is 0 Å². The van der Waals surface area contributed by atoms with Crippen LogP contribution in [0.15, 0.2) is 12.3 Å².